The molecule has 0 aliphatic carbocycles. The van der Waals surface area contributed by atoms with E-state index in [0.29, 0.717) is 58.3 Å². The van der Waals surface area contributed by atoms with Crippen LogP contribution in [0.25, 0.3) is 0 Å². The summed E-state index contributed by atoms with van der Waals surface area (Å²) in [4.78, 5) is 72.2. The average Bonchev–Trinajstić information content (AvgIpc) is 3.09. The molecule has 0 radical (unpaired) electrons. The van der Waals surface area contributed by atoms with Gasteiger partial charge in [-0.3, -0.25) is 24.0 Å². The number of carbonyl (C=O) groups excluding carboxylic acids is 6. The fourth-order valence-corrected chi connectivity index (χ4v) is 4.17. The number of urea groups is 1. The van der Waals surface area contributed by atoms with Crippen molar-refractivity contribution in [3.63, 3.8) is 0 Å². The zero-order valence-corrected chi connectivity index (χ0v) is 29.7. The smallest absolute Gasteiger partial charge is 0.312 e. The second kappa shape index (κ2) is 27.4. The molecule has 0 unspecified atom stereocenters. The van der Waals surface area contributed by atoms with Gasteiger partial charge in [-0.15, -0.1) is 0 Å². The highest BCUT2D eigenvalue weighted by molar-refractivity contribution is 5.98. The third-order valence-corrected chi connectivity index (χ3v) is 6.83. The monoisotopic (exact) mass is 726 g/mol. The number of rotatable bonds is 28. The molecule has 2 atom stereocenters. The van der Waals surface area contributed by atoms with Gasteiger partial charge in [0, 0.05) is 32.1 Å². The Kier molecular flexibility index (Phi) is 24.0. The normalized spacial score (nSPS) is 12.0. The summed E-state index contributed by atoms with van der Waals surface area (Å²) in [5.41, 5.74) is 6.31. The lowest BCUT2D eigenvalue weighted by atomic mass is 10.0. The molecular weight excluding hydrogens is 672 g/mol. The van der Waals surface area contributed by atoms with Crippen molar-refractivity contribution in [3.8, 4) is 0 Å². The largest absolute Gasteiger partial charge is 0.461 e. The minimum absolute atomic E-state index is 0.000551. The highest BCUT2D eigenvalue weighted by atomic mass is 16.6. The number of hydrogen-bond donors (Lipinski definition) is 7. The lowest BCUT2D eigenvalue weighted by Crippen LogP contribution is -2.54. The topological polar surface area (TPSA) is 255 Å². The lowest BCUT2D eigenvalue weighted by molar-refractivity contribution is -0.142. The van der Waals surface area contributed by atoms with Crippen molar-refractivity contribution in [1.82, 2.24) is 21.3 Å². The second-order valence-corrected chi connectivity index (χ2v) is 11.5. The zero-order valence-electron chi connectivity index (χ0n) is 29.7. The summed E-state index contributed by atoms with van der Waals surface area (Å²) in [5, 5.41) is 21.7. The summed E-state index contributed by atoms with van der Waals surface area (Å²) in [6, 6.07) is 4.02. The van der Waals surface area contributed by atoms with Gasteiger partial charge in [0.2, 0.25) is 23.6 Å². The number of aliphatic hydroxyl groups excluding tert-OH is 1. The molecular formula is C33H54N6O12. The van der Waals surface area contributed by atoms with Gasteiger partial charge in [0.05, 0.1) is 52.9 Å². The Hall–Kier alpha value is -4.36. The fraction of sp³-hybridized carbons (Fsp3) is 0.636. The van der Waals surface area contributed by atoms with E-state index in [1.807, 2.05) is 0 Å². The van der Waals surface area contributed by atoms with Crippen LogP contribution >= 0.6 is 0 Å². The number of benzene rings is 1. The first-order chi connectivity index (χ1) is 24.4. The molecule has 0 heterocycles. The number of anilines is 1. The Balaban J connectivity index is 2.45. The summed E-state index contributed by atoms with van der Waals surface area (Å²) in [5.74, 6) is -2.63. The Morgan fingerprint density at radius 2 is 1.33 bits per heavy atom. The summed E-state index contributed by atoms with van der Waals surface area (Å²) < 4.78 is 26.5. The van der Waals surface area contributed by atoms with E-state index in [1.165, 1.54) is 6.92 Å². The summed E-state index contributed by atoms with van der Waals surface area (Å²) in [6.45, 7) is 7.22. The van der Waals surface area contributed by atoms with E-state index < -0.39 is 54.3 Å². The standard InChI is InChI=1S/C33H54N6O12/c1-23(2)30(39-28(42)10-13-47-15-17-49-19-20-50-18-16-48-14-12-35-29(43)21-40)32(45)38-27(5-4-11-36-33(34)46)31(44)37-26-8-6-25(7-9-26)22-51-24(3)41/h6-9,23,27,30,40H,4-5,10-22H2,1-3H3,(H,35,43)(H,37,44)(H,38,45)(H,39,42)(H3,34,36,46)/t27-,30-/m0/s1. The van der Waals surface area contributed by atoms with Crippen LogP contribution in [0.1, 0.15) is 45.6 Å². The number of primary amides is 1. The van der Waals surface area contributed by atoms with E-state index >= 15 is 0 Å². The van der Waals surface area contributed by atoms with Crippen LogP contribution in [0.3, 0.4) is 0 Å². The molecule has 1 aromatic carbocycles. The SMILES string of the molecule is CC(=O)OCc1ccc(NC(=O)[C@H](CCCNC(N)=O)NC(=O)[C@@H](NC(=O)CCOCCOCCOCCOCCNC(=O)CO)C(C)C)cc1. The van der Waals surface area contributed by atoms with Crippen LogP contribution in [0.2, 0.25) is 0 Å². The first-order valence-electron chi connectivity index (χ1n) is 16.8. The maximum absolute atomic E-state index is 13.3. The first-order valence-corrected chi connectivity index (χ1v) is 16.8. The predicted octanol–water partition coefficient (Wildman–Crippen LogP) is -0.673. The predicted molar refractivity (Wildman–Crippen MR) is 184 cm³/mol. The van der Waals surface area contributed by atoms with Crippen molar-refractivity contribution in [2.24, 2.45) is 11.7 Å². The third kappa shape index (κ3) is 22.9. The van der Waals surface area contributed by atoms with Gasteiger partial charge in [-0.25, -0.2) is 4.79 Å². The number of aliphatic hydroxyl groups is 1. The Morgan fingerprint density at radius 1 is 0.745 bits per heavy atom. The van der Waals surface area contributed by atoms with Gasteiger partial charge in [-0.05, 0) is 36.5 Å². The van der Waals surface area contributed by atoms with Crippen molar-refractivity contribution < 1.29 is 57.6 Å². The summed E-state index contributed by atoms with van der Waals surface area (Å²) >= 11 is 0. The van der Waals surface area contributed by atoms with Gasteiger partial charge < -0.3 is 61.1 Å². The van der Waals surface area contributed by atoms with Gasteiger partial charge in [-0.1, -0.05) is 26.0 Å². The Morgan fingerprint density at radius 3 is 1.88 bits per heavy atom. The van der Waals surface area contributed by atoms with Gasteiger partial charge in [0.25, 0.3) is 0 Å². The molecule has 0 aliphatic rings. The second-order valence-electron chi connectivity index (χ2n) is 11.5. The lowest BCUT2D eigenvalue weighted by Gasteiger charge is -2.25. The van der Waals surface area contributed by atoms with Gasteiger partial charge >= 0.3 is 12.0 Å². The van der Waals surface area contributed by atoms with Crippen molar-refractivity contribution in [2.75, 3.05) is 77.9 Å². The number of carbonyl (C=O) groups is 6. The number of esters is 1. The maximum atomic E-state index is 13.3. The van der Waals surface area contributed by atoms with Crippen LogP contribution < -0.4 is 32.3 Å². The van der Waals surface area contributed by atoms with Crippen LogP contribution in [0.4, 0.5) is 10.5 Å². The first kappa shape index (κ1) is 44.7. The van der Waals surface area contributed by atoms with E-state index in [-0.39, 0.29) is 45.1 Å². The molecule has 1 rings (SSSR count). The van der Waals surface area contributed by atoms with Gasteiger partial charge in [0.1, 0.15) is 25.3 Å². The molecule has 6 amide bonds. The van der Waals surface area contributed by atoms with Crippen molar-refractivity contribution in [1.29, 1.82) is 0 Å². The molecule has 51 heavy (non-hydrogen) atoms. The fourth-order valence-electron chi connectivity index (χ4n) is 4.17. The van der Waals surface area contributed by atoms with Crippen LogP contribution in [0.15, 0.2) is 24.3 Å². The average molecular weight is 727 g/mol. The van der Waals surface area contributed by atoms with Crippen molar-refractivity contribution in [2.45, 2.75) is 58.7 Å². The molecule has 18 heteroatoms. The number of nitrogens with one attached hydrogen (secondary N) is 5. The number of ether oxygens (including phenoxy) is 5. The minimum atomic E-state index is -0.994. The van der Waals surface area contributed by atoms with Crippen LogP contribution in [0.5, 0.6) is 0 Å². The van der Waals surface area contributed by atoms with Crippen LogP contribution in [-0.4, -0.2) is 125 Å². The highest BCUT2D eigenvalue weighted by Gasteiger charge is 2.28. The summed E-state index contributed by atoms with van der Waals surface area (Å²) in [7, 11) is 0. The minimum Gasteiger partial charge on any atom is -0.461 e. The summed E-state index contributed by atoms with van der Waals surface area (Å²) in [6.07, 6.45) is 0.506. The molecule has 0 aromatic heterocycles. The van der Waals surface area contributed by atoms with E-state index in [4.69, 9.17) is 34.5 Å². The maximum Gasteiger partial charge on any atom is 0.312 e. The quantitative estimate of drug-likeness (QED) is 0.0419. The molecule has 0 aliphatic heterocycles. The molecule has 1 aromatic rings. The van der Waals surface area contributed by atoms with E-state index in [2.05, 4.69) is 26.6 Å². The van der Waals surface area contributed by atoms with E-state index in [9.17, 15) is 28.8 Å². The molecule has 0 saturated carbocycles. The molecule has 0 saturated heterocycles. The van der Waals surface area contributed by atoms with Crippen molar-refractivity contribution in [3.05, 3.63) is 29.8 Å². The molecule has 288 valence electrons. The molecule has 8 N–H and O–H groups in total. The molecule has 18 nitrogen and oxygen atoms in total. The van der Waals surface area contributed by atoms with Crippen LogP contribution in [-0.2, 0) is 54.3 Å². The van der Waals surface area contributed by atoms with Gasteiger partial charge in [-0.2, -0.15) is 0 Å². The zero-order chi connectivity index (χ0) is 37.9. The highest BCUT2D eigenvalue weighted by Crippen LogP contribution is 2.13. The Labute approximate surface area is 298 Å². The third-order valence-electron chi connectivity index (χ3n) is 6.83. The van der Waals surface area contributed by atoms with Crippen LogP contribution in [0, 0.1) is 5.92 Å². The van der Waals surface area contributed by atoms with Gasteiger partial charge in [0.15, 0.2) is 0 Å². The Bertz CT molecular complexity index is 1200. The van der Waals surface area contributed by atoms with E-state index in [0.717, 1.165) is 5.56 Å². The molecule has 0 spiro atoms. The molecule has 0 bridgehead atoms. The number of hydrogen-bond acceptors (Lipinski definition) is 12. The van der Waals surface area contributed by atoms with E-state index in [1.54, 1.807) is 38.1 Å². The number of amides is 6. The number of nitrogens with two attached hydrogens (primary N) is 1. The van der Waals surface area contributed by atoms with Crippen molar-refractivity contribution >= 4 is 41.3 Å². The molecule has 0 fully saturated rings.